The molecular formula is C44H76N2O4. The van der Waals surface area contributed by atoms with Crippen LogP contribution >= 0.6 is 0 Å². The van der Waals surface area contributed by atoms with Crippen LogP contribution in [0.3, 0.4) is 0 Å². The van der Waals surface area contributed by atoms with E-state index in [1.807, 2.05) is 0 Å². The quantitative estimate of drug-likeness (QED) is 0.0750. The lowest BCUT2D eigenvalue weighted by Gasteiger charge is -2.58. The molecular weight excluding hydrogens is 620 g/mol. The van der Waals surface area contributed by atoms with Crippen molar-refractivity contribution in [3.63, 3.8) is 0 Å². The number of nitrogens with two attached hydrogens (primary N) is 1. The number of amides is 2. The largest absolute Gasteiger partial charge is 0.461 e. The zero-order valence-electron chi connectivity index (χ0n) is 33.2. The molecule has 0 saturated heterocycles. The molecule has 3 fully saturated rings. The molecule has 0 aliphatic heterocycles. The Morgan fingerprint density at radius 3 is 2.20 bits per heavy atom. The number of hydrogen-bond acceptors (Lipinski definition) is 5. The van der Waals surface area contributed by atoms with E-state index in [0.29, 0.717) is 11.8 Å². The second-order valence-corrected chi connectivity index (χ2v) is 18.3. The molecule has 3 N–H and O–H groups in total. The summed E-state index contributed by atoms with van der Waals surface area (Å²) in [6.07, 6.45) is 27.2. The van der Waals surface area contributed by atoms with E-state index in [9.17, 15) is 14.4 Å². The highest BCUT2D eigenvalue weighted by Crippen LogP contribution is 2.67. The van der Waals surface area contributed by atoms with Gasteiger partial charge in [-0.25, -0.2) is 0 Å². The van der Waals surface area contributed by atoms with Gasteiger partial charge in [-0.3, -0.25) is 19.7 Å². The lowest BCUT2D eigenvalue weighted by Crippen LogP contribution is -2.51. The number of carbonyl (C=O) groups is 3. The summed E-state index contributed by atoms with van der Waals surface area (Å²) in [5.41, 5.74) is 8.39. The fourth-order valence-corrected chi connectivity index (χ4v) is 11.3. The average molecular weight is 697 g/mol. The van der Waals surface area contributed by atoms with Gasteiger partial charge < -0.3 is 10.5 Å². The van der Waals surface area contributed by atoms with E-state index in [-0.39, 0.29) is 36.2 Å². The van der Waals surface area contributed by atoms with Crippen molar-refractivity contribution in [2.75, 3.05) is 0 Å². The maximum absolute atomic E-state index is 13.0. The molecule has 6 heteroatoms. The van der Waals surface area contributed by atoms with Crippen molar-refractivity contribution in [2.45, 2.75) is 201 Å². The number of nitrogens with one attached hydrogen (secondary N) is 1. The molecule has 50 heavy (non-hydrogen) atoms. The van der Waals surface area contributed by atoms with Gasteiger partial charge in [0.1, 0.15) is 12.1 Å². The predicted octanol–water partition coefficient (Wildman–Crippen LogP) is 10.6. The monoisotopic (exact) mass is 697 g/mol. The molecule has 1 unspecified atom stereocenters. The summed E-state index contributed by atoms with van der Waals surface area (Å²) in [7, 11) is 0. The first-order chi connectivity index (χ1) is 23.9. The second-order valence-electron chi connectivity index (χ2n) is 18.3. The van der Waals surface area contributed by atoms with Gasteiger partial charge in [-0.1, -0.05) is 124 Å². The van der Waals surface area contributed by atoms with Crippen LogP contribution in [0.25, 0.3) is 0 Å². The molecule has 4 rings (SSSR count). The molecule has 286 valence electrons. The van der Waals surface area contributed by atoms with Gasteiger partial charge in [0.25, 0.3) is 0 Å². The zero-order chi connectivity index (χ0) is 36.3. The molecule has 4 aliphatic carbocycles. The van der Waals surface area contributed by atoms with Gasteiger partial charge in [0.05, 0.1) is 0 Å². The Labute approximate surface area is 306 Å². The molecule has 0 spiro atoms. The summed E-state index contributed by atoms with van der Waals surface area (Å²) >= 11 is 0. The van der Waals surface area contributed by atoms with Crippen LogP contribution in [0.15, 0.2) is 11.6 Å². The number of rotatable bonds is 20. The van der Waals surface area contributed by atoms with Gasteiger partial charge in [0, 0.05) is 19.3 Å². The number of ether oxygens (including phenoxy) is 1. The van der Waals surface area contributed by atoms with Crippen molar-refractivity contribution >= 4 is 17.8 Å². The Balaban J connectivity index is 1.17. The summed E-state index contributed by atoms with van der Waals surface area (Å²) in [6.45, 7) is 14.7. The Bertz CT molecular complexity index is 1130. The topological polar surface area (TPSA) is 98.5 Å². The first-order valence-corrected chi connectivity index (χ1v) is 21.4. The number of unbranched alkanes of at least 4 members (excludes halogenated alkanes) is 8. The minimum Gasteiger partial charge on any atom is -0.461 e. The van der Waals surface area contributed by atoms with Crippen LogP contribution in [0.1, 0.15) is 189 Å². The van der Waals surface area contributed by atoms with E-state index in [0.717, 1.165) is 74.0 Å². The number of carbonyl (C=O) groups excluding carboxylic acids is 3. The van der Waals surface area contributed by atoms with Gasteiger partial charge >= 0.3 is 5.97 Å². The SMILES string of the molecule is CCCCCCCCCCCC(=O)NC(=O)CCC(N)C(=O)O[C@H]1CC[C@@]2(C)C(=CC[C@H]3[C@@H]4CC[C@H]([C@H](C)CCCC(C)C)[C@@]4(C)CC[C@@H]32)C1. The van der Waals surface area contributed by atoms with Crippen molar-refractivity contribution in [1.29, 1.82) is 0 Å². The van der Waals surface area contributed by atoms with Crippen LogP contribution < -0.4 is 11.1 Å². The highest BCUT2D eigenvalue weighted by Gasteiger charge is 2.59. The molecule has 0 aromatic rings. The summed E-state index contributed by atoms with van der Waals surface area (Å²) in [5.74, 6) is 3.84. The minimum atomic E-state index is -0.856. The third-order valence-corrected chi connectivity index (χ3v) is 14.3. The average Bonchev–Trinajstić information content (AvgIpc) is 3.43. The predicted molar refractivity (Wildman–Crippen MR) is 205 cm³/mol. The van der Waals surface area contributed by atoms with Crippen LogP contribution in [-0.2, 0) is 19.1 Å². The first-order valence-electron chi connectivity index (χ1n) is 21.4. The Hall–Kier alpha value is -1.69. The van der Waals surface area contributed by atoms with E-state index in [2.05, 4.69) is 52.9 Å². The molecule has 0 aromatic heterocycles. The highest BCUT2D eigenvalue weighted by molar-refractivity contribution is 5.95. The van der Waals surface area contributed by atoms with E-state index in [4.69, 9.17) is 10.5 Å². The van der Waals surface area contributed by atoms with Gasteiger partial charge in [0.15, 0.2) is 0 Å². The van der Waals surface area contributed by atoms with E-state index < -0.39 is 12.0 Å². The highest BCUT2D eigenvalue weighted by atomic mass is 16.5. The molecule has 0 bridgehead atoms. The van der Waals surface area contributed by atoms with Crippen LogP contribution in [0.2, 0.25) is 0 Å². The van der Waals surface area contributed by atoms with Crippen LogP contribution in [0.5, 0.6) is 0 Å². The normalized spacial score (nSPS) is 31.6. The van der Waals surface area contributed by atoms with Crippen molar-refractivity contribution in [2.24, 2.45) is 52.1 Å². The third-order valence-electron chi connectivity index (χ3n) is 14.3. The van der Waals surface area contributed by atoms with E-state index in [1.54, 1.807) is 0 Å². The van der Waals surface area contributed by atoms with Gasteiger partial charge in [-0.05, 0) is 104 Å². The van der Waals surface area contributed by atoms with Crippen molar-refractivity contribution in [3.05, 3.63) is 11.6 Å². The lowest BCUT2D eigenvalue weighted by molar-refractivity contribution is -0.153. The number of imide groups is 1. The molecule has 9 atom stereocenters. The minimum absolute atomic E-state index is 0.0500. The molecule has 4 aliphatic rings. The fraction of sp³-hybridized carbons (Fsp3) is 0.886. The van der Waals surface area contributed by atoms with Crippen molar-refractivity contribution in [1.82, 2.24) is 5.32 Å². The van der Waals surface area contributed by atoms with E-state index >= 15 is 0 Å². The first kappa shape index (κ1) is 41.1. The number of esters is 1. The van der Waals surface area contributed by atoms with Crippen molar-refractivity contribution in [3.8, 4) is 0 Å². The molecule has 3 saturated carbocycles. The fourth-order valence-electron chi connectivity index (χ4n) is 11.3. The number of hydrogen-bond donors (Lipinski definition) is 2. The molecule has 0 aromatic carbocycles. The third kappa shape index (κ3) is 10.7. The van der Waals surface area contributed by atoms with Crippen LogP contribution in [-0.4, -0.2) is 29.9 Å². The van der Waals surface area contributed by atoms with Crippen LogP contribution in [0.4, 0.5) is 0 Å². The van der Waals surface area contributed by atoms with Crippen molar-refractivity contribution < 1.29 is 19.1 Å². The smallest absolute Gasteiger partial charge is 0.323 e. The molecule has 6 nitrogen and oxygen atoms in total. The maximum Gasteiger partial charge on any atom is 0.323 e. The molecule has 0 heterocycles. The van der Waals surface area contributed by atoms with E-state index in [1.165, 1.54) is 95.5 Å². The van der Waals surface area contributed by atoms with Crippen LogP contribution in [0, 0.1) is 46.3 Å². The van der Waals surface area contributed by atoms with Gasteiger partial charge in [-0.15, -0.1) is 0 Å². The molecule has 0 radical (unpaired) electrons. The van der Waals surface area contributed by atoms with Gasteiger partial charge in [-0.2, -0.15) is 0 Å². The molecule has 2 amide bonds. The summed E-state index contributed by atoms with van der Waals surface area (Å²) in [4.78, 5) is 37.6. The number of allylic oxidation sites excluding steroid dienone is 1. The summed E-state index contributed by atoms with van der Waals surface area (Å²) in [5, 5.41) is 2.48. The summed E-state index contributed by atoms with van der Waals surface area (Å²) in [6, 6.07) is -0.856. The Morgan fingerprint density at radius 1 is 0.820 bits per heavy atom. The summed E-state index contributed by atoms with van der Waals surface area (Å²) < 4.78 is 5.98. The maximum atomic E-state index is 13.0. The Morgan fingerprint density at radius 2 is 1.50 bits per heavy atom. The number of fused-ring (bicyclic) bond motifs is 5. The Kier molecular flexibility index (Phi) is 15.9. The zero-order valence-corrected chi connectivity index (χ0v) is 33.2. The second kappa shape index (κ2) is 19.4. The standard InChI is InChI=1S/C44H76N2O4/c1-7-8-9-10-11-12-13-14-15-19-40(47)46-41(48)25-24-39(45)42(49)50-34-26-28-43(5)33(30-34)20-21-35-37-23-22-36(32(4)18-16-17-31(2)3)44(37,6)29-27-38(35)43/h20,31-32,34-39H,7-19,21-30,45H2,1-6H3,(H,46,47,48)/t32-,34+,35+,36-,37+,38+,39?,43+,44-/m1/s1. The van der Waals surface area contributed by atoms with Gasteiger partial charge in [0.2, 0.25) is 11.8 Å². The lowest BCUT2D eigenvalue weighted by atomic mass is 9.47.